The Bertz CT molecular complexity index is 951. The third-order valence-corrected chi connectivity index (χ3v) is 5.35. The number of halogens is 2. The van der Waals surface area contributed by atoms with Gasteiger partial charge < -0.3 is 14.6 Å². The fourth-order valence-electron chi connectivity index (χ4n) is 2.54. The molecule has 140 valence electrons. The lowest BCUT2D eigenvalue weighted by Crippen LogP contribution is -2.14. The first-order valence-electron chi connectivity index (χ1n) is 8.14. The van der Waals surface area contributed by atoms with Gasteiger partial charge >= 0.3 is 0 Å². The van der Waals surface area contributed by atoms with E-state index in [1.54, 1.807) is 36.4 Å². The highest BCUT2D eigenvalue weighted by molar-refractivity contribution is 7.79. The summed E-state index contributed by atoms with van der Waals surface area (Å²) in [5, 5.41) is 4.12. The number of rotatable bonds is 7. The van der Waals surface area contributed by atoms with Crippen molar-refractivity contribution >= 4 is 34.3 Å². The molecule has 2 N–H and O–H groups in total. The van der Waals surface area contributed by atoms with Crippen molar-refractivity contribution in [3.05, 3.63) is 87.9 Å². The highest BCUT2D eigenvalue weighted by atomic mass is 35.5. The Morgan fingerprint density at radius 2 is 1.59 bits per heavy atom. The number of ether oxygens (including phenoxy) is 1. The number of hydrogen-bond donors (Lipinski definition) is 2. The van der Waals surface area contributed by atoms with Gasteiger partial charge in [-0.05, 0) is 41.5 Å². The van der Waals surface area contributed by atoms with Crippen LogP contribution in [0.15, 0.2) is 71.6 Å². The van der Waals surface area contributed by atoms with Gasteiger partial charge in [0.1, 0.15) is 11.5 Å². The molecule has 0 bridgehead atoms. The molecule has 0 fully saturated rings. The van der Waals surface area contributed by atoms with Gasteiger partial charge in [0.25, 0.3) is 0 Å². The summed E-state index contributed by atoms with van der Waals surface area (Å²) in [6, 6.07) is 19.9. The van der Waals surface area contributed by atoms with Gasteiger partial charge in [-0.1, -0.05) is 53.5 Å². The Hall–Kier alpha value is -1.89. The molecule has 0 amide bonds. The van der Waals surface area contributed by atoms with Gasteiger partial charge in [0.05, 0.1) is 14.9 Å². The molecule has 0 aliphatic rings. The Balaban J connectivity index is 1.75. The Morgan fingerprint density at radius 1 is 0.889 bits per heavy atom. The van der Waals surface area contributed by atoms with Crippen LogP contribution in [0.2, 0.25) is 10.0 Å². The molecule has 1 atom stereocenters. The zero-order valence-electron chi connectivity index (χ0n) is 14.2. The van der Waals surface area contributed by atoms with Crippen molar-refractivity contribution in [3.8, 4) is 11.5 Å². The van der Waals surface area contributed by atoms with E-state index in [0.29, 0.717) is 45.1 Å². The summed E-state index contributed by atoms with van der Waals surface area (Å²) >= 11 is 9.84. The minimum Gasteiger partial charge on any atom is -0.457 e. The average Bonchev–Trinajstić information content (AvgIpc) is 2.66. The Labute approximate surface area is 170 Å². The first kappa shape index (κ1) is 19.9. The molecular weight excluding hydrogens is 405 g/mol. The van der Waals surface area contributed by atoms with Crippen LogP contribution in [0.1, 0.15) is 11.1 Å². The van der Waals surface area contributed by atoms with Crippen molar-refractivity contribution in [2.45, 2.75) is 18.0 Å². The predicted molar refractivity (Wildman–Crippen MR) is 109 cm³/mol. The van der Waals surface area contributed by atoms with Crippen LogP contribution in [0.3, 0.4) is 0 Å². The van der Waals surface area contributed by atoms with E-state index >= 15 is 0 Å². The molecule has 3 aromatic carbocycles. The smallest absolute Gasteiger partial charge is 0.186 e. The van der Waals surface area contributed by atoms with E-state index in [9.17, 15) is 8.76 Å². The van der Waals surface area contributed by atoms with E-state index < -0.39 is 11.1 Å². The molecule has 4 nitrogen and oxygen atoms in total. The van der Waals surface area contributed by atoms with Crippen molar-refractivity contribution in [1.29, 1.82) is 0 Å². The van der Waals surface area contributed by atoms with Crippen molar-refractivity contribution in [2.75, 3.05) is 0 Å². The summed E-state index contributed by atoms with van der Waals surface area (Å²) in [6.45, 7) is 1.07. The molecule has 0 aliphatic carbocycles. The van der Waals surface area contributed by atoms with E-state index in [1.165, 1.54) is 0 Å². The predicted octanol–water partition coefficient (Wildman–Crippen LogP) is 5.66. The Morgan fingerprint density at radius 3 is 2.30 bits per heavy atom. The first-order valence-corrected chi connectivity index (χ1v) is 10.0. The van der Waals surface area contributed by atoms with E-state index in [0.717, 1.165) is 5.56 Å². The van der Waals surface area contributed by atoms with Gasteiger partial charge in [-0.3, -0.25) is 0 Å². The second kappa shape index (κ2) is 9.35. The maximum atomic E-state index is 11.6. The average molecular weight is 422 g/mol. The molecule has 3 rings (SSSR count). The quantitative estimate of drug-likeness (QED) is 0.483. The van der Waals surface area contributed by atoms with Crippen molar-refractivity contribution in [1.82, 2.24) is 5.32 Å². The van der Waals surface area contributed by atoms with E-state index in [2.05, 4.69) is 5.32 Å². The topological polar surface area (TPSA) is 58.6 Å². The zero-order valence-corrected chi connectivity index (χ0v) is 16.5. The van der Waals surface area contributed by atoms with Crippen molar-refractivity contribution in [2.24, 2.45) is 0 Å². The minimum atomic E-state index is -2.08. The normalized spacial score (nSPS) is 12.0. The number of nitrogens with one attached hydrogen (secondary N) is 1. The summed E-state index contributed by atoms with van der Waals surface area (Å²) in [7, 11) is 0. The van der Waals surface area contributed by atoms with Gasteiger partial charge in [-0.15, -0.1) is 0 Å². The number of benzene rings is 3. The molecule has 7 heteroatoms. The first-order chi connectivity index (χ1) is 13.0. The van der Waals surface area contributed by atoms with Crippen LogP contribution in [0.5, 0.6) is 11.5 Å². The molecule has 0 heterocycles. The highest BCUT2D eigenvalue weighted by Gasteiger charge is 2.11. The van der Waals surface area contributed by atoms with Gasteiger partial charge in [0, 0.05) is 19.2 Å². The van der Waals surface area contributed by atoms with Crippen molar-refractivity contribution in [3.63, 3.8) is 0 Å². The molecule has 0 aliphatic heterocycles. The summed E-state index contributed by atoms with van der Waals surface area (Å²) in [6.07, 6.45) is 0. The molecule has 1 unspecified atom stereocenters. The second-order valence-corrected chi connectivity index (χ2v) is 7.54. The minimum absolute atomic E-state index is 0.344. The summed E-state index contributed by atoms with van der Waals surface area (Å²) in [5.74, 6) is 1.07. The van der Waals surface area contributed by atoms with Crippen LogP contribution in [-0.2, 0) is 24.2 Å². The lowest BCUT2D eigenvalue weighted by atomic mass is 10.2. The third kappa shape index (κ3) is 5.54. The monoisotopic (exact) mass is 421 g/mol. The van der Waals surface area contributed by atoms with Gasteiger partial charge in [0.15, 0.2) is 11.1 Å². The molecule has 0 spiro atoms. The van der Waals surface area contributed by atoms with Crippen molar-refractivity contribution < 1.29 is 13.5 Å². The molecule has 0 saturated heterocycles. The van der Waals surface area contributed by atoms with Crippen LogP contribution < -0.4 is 10.1 Å². The van der Waals surface area contributed by atoms with Crippen LogP contribution in [-0.4, -0.2) is 8.76 Å². The lowest BCUT2D eigenvalue weighted by Gasteiger charge is -2.12. The van der Waals surface area contributed by atoms with Crippen LogP contribution in [0.25, 0.3) is 0 Å². The van der Waals surface area contributed by atoms with E-state index in [1.807, 2.05) is 30.3 Å². The van der Waals surface area contributed by atoms with Gasteiger partial charge in [0.2, 0.25) is 0 Å². The van der Waals surface area contributed by atoms with E-state index in [-0.39, 0.29) is 0 Å². The SMILES string of the molecule is O=S(O)c1ccc(Oc2ccc(Cl)c(Cl)c2)cc1CNCc1ccccc1. The third-order valence-electron chi connectivity index (χ3n) is 3.83. The van der Waals surface area contributed by atoms with Crippen LogP contribution in [0.4, 0.5) is 0 Å². The Kier molecular flexibility index (Phi) is 6.88. The molecule has 0 aromatic heterocycles. The van der Waals surface area contributed by atoms with Gasteiger partial charge in [-0.25, -0.2) is 4.21 Å². The molecule has 0 radical (unpaired) electrons. The van der Waals surface area contributed by atoms with Crippen LogP contribution >= 0.6 is 23.2 Å². The maximum absolute atomic E-state index is 11.6. The largest absolute Gasteiger partial charge is 0.457 e. The van der Waals surface area contributed by atoms with Gasteiger partial charge in [-0.2, -0.15) is 0 Å². The molecule has 3 aromatic rings. The lowest BCUT2D eigenvalue weighted by molar-refractivity contribution is 0.480. The van der Waals surface area contributed by atoms with Crippen LogP contribution in [0, 0.1) is 0 Å². The summed E-state index contributed by atoms with van der Waals surface area (Å²) in [4.78, 5) is 0.344. The second-order valence-electron chi connectivity index (χ2n) is 5.79. The molecule has 27 heavy (non-hydrogen) atoms. The number of hydrogen-bond acceptors (Lipinski definition) is 3. The standard InChI is InChI=1S/C20H17Cl2NO3S/c21-18-8-6-17(11-19(18)22)26-16-7-9-20(27(24)25)15(10-16)13-23-12-14-4-2-1-3-5-14/h1-11,23H,12-13H2,(H,24,25). The highest BCUT2D eigenvalue weighted by Crippen LogP contribution is 2.30. The fraction of sp³-hybridized carbons (Fsp3) is 0.100. The molecule has 0 saturated carbocycles. The summed E-state index contributed by atoms with van der Waals surface area (Å²) < 4.78 is 27.0. The summed E-state index contributed by atoms with van der Waals surface area (Å²) in [5.41, 5.74) is 1.82. The zero-order chi connectivity index (χ0) is 19.2. The maximum Gasteiger partial charge on any atom is 0.186 e. The molecular formula is C20H17Cl2NO3S. The van der Waals surface area contributed by atoms with E-state index in [4.69, 9.17) is 27.9 Å². The fourth-order valence-corrected chi connectivity index (χ4v) is 3.37.